The van der Waals surface area contributed by atoms with E-state index in [1.165, 1.54) is 6.42 Å². The van der Waals surface area contributed by atoms with Crippen LogP contribution in [0.25, 0.3) is 0 Å². The van der Waals surface area contributed by atoms with Gasteiger partial charge in [0, 0.05) is 25.8 Å². The van der Waals surface area contributed by atoms with E-state index in [-0.39, 0.29) is 30.9 Å². The molecule has 1 aliphatic rings. The van der Waals surface area contributed by atoms with E-state index in [4.69, 9.17) is 4.74 Å². The van der Waals surface area contributed by atoms with Crippen LogP contribution in [0.2, 0.25) is 0 Å². The van der Waals surface area contributed by atoms with Gasteiger partial charge in [-0.15, -0.1) is 24.8 Å². The minimum Gasteiger partial charge on any atom is -0.408 e. The summed E-state index contributed by atoms with van der Waals surface area (Å²) in [7, 11) is 3.93. The van der Waals surface area contributed by atoms with Crippen LogP contribution in [-0.2, 0) is 6.54 Å². The highest BCUT2D eigenvalue weighted by atomic mass is 35.5. The Hall–Kier alpha value is -1.04. The number of hydrogen-bond acceptors (Lipinski definition) is 4. The molecule has 0 radical (unpaired) electrons. The predicted octanol–water partition coefficient (Wildman–Crippen LogP) is 2.97. The third-order valence-corrected chi connectivity index (χ3v) is 3.13. The van der Waals surface area contributed by atoms with Gasteiger partial charge >= 0.3 is 6.09 Å². The van der Waals surface area contributed by atoms with Crippen molar-refractivity contribution in [2.45, 2.75) is 25.8 Å². The largest absolute Gasteiger partial charge is 0.415 e. The number of carbonyl (C=O) groups excluding carboxylic acids is 1. The first-order valence-corrected chi connectivity index (χ1v) is 6.72. The van der Waals surface area contributed by atoms with Crippen molar-refractivity contribution < 1.29 is 9.53 Å². The molecule has 0 saturated carbocycles. The molecule has 120 valence electrons. The van der Waals surface area contributed by atoms with Gasteiger partial charge in [-0.05, 0) is 45.5 Å². The topological polar surface area (TPSA) is 45.7 Å². The van der Waals surface area contributed by atoms with Crippen molar-refractivity contribution in [3.8, 4) is 5.75 Å². The molecule has 1 fully saturated rings. The van der Waals surface area contributed by atoms with E-state index in [0.29, 0.717) is 12.3 Å². The van der Waals surface area contributed by atoms with Crippen LogP contribution < -0.4 is 4.74 Å². The lowest BCUT2D eigenvalue weighted by Crippen LogP contribution is -2.37. The number of piperidine rings is 1. The number of halogens is 2. The first-order chi connectivity index (χ1) is 9.16. The maximum atomic E-state index is 12.1. The van der Waals surface area contributed by atoms with E-state index >= 15 is 0 Å². The van der Waals surface area contributed by atoms with Gasteiger partial charge in [0.05, 0.1) is 5.69 Å². The fraction of sp³-hybridized carbons (Fsp3) is 0.571. The highest BCUT2D eigenvalue weighted by Crippen LogP contribution is 2.18. The fourth-order valence-corrected chi connectivity index (χ4v) is 2.17. The van der Waals surface area contributed by atoms with Gasteiger partial charge in [0.15, 0.2) is 5.75 Å². The predicted molar refractivity (Wildman–Crippen MR) is 87.6 cm³/mol. The summed E-state index contributed by atoms with van der Waals surface area (Å²) >= 11 is 0. The monoisotopic (exact) mass is 335 g/mol. The number of likely N-dealkylation sites (tertiary alicyclic amines) is 1. The molecule has 0 aromatic carbocycles. The summed E-state index contributed by atoms with van der Waals surface area (Å²) in [5.41, 5.74) is 0.790. The van der Waals surface area contributed by atoms with Gasteiger partial charge in [-0.3, -0.25) is 4.98 Å². The van der Waals surface area contributed by atoms with E-state index < -0.39 is 0 Å². The number of aromatic nitrogens is 1. The molecule has 0 aliphatic carbocycles. The van der Waals surface area contributed by atoms with Crippen molar-refractivity contribution in [1.29, 1.82) is 0 Å². The Kier molecular flexibility index (Phi) is 9.33. The third-order valence-electron chi connectivity index (χ3n) is 3.13. The van der Waals surface area contributed by atoms with Crippen LogP contribution in [0.3, 0.4) is 0 Å². The molecule has 0 N–H and O–H groups in total. The Labute approximate surface area is 138 Å². The van der Waals surface area contributed by atoms with E-state index in [0.717, 1.165) is 31.6 Å². The summed E-state index contributed by atoms with van der Waals surface area (Å²) in [5.74, 6) is 0.562. The number of pyridine rings is 1. The average Bonchev–Trinajstić information content (AvgIpc) is 2.41. The van der Waals surface area contributed by atoms with Crippen LogP contribution in [0, 0.1) is 0 Å². The Bertz CT molecular complexity index is 438. The van der Waals surface area contributed by atoms with Gasteiger partial charge in [-0.2, -0.15) is 0 Å². The highest BCUT2D eigenvalue weighted by molar-refractivity contribution is 5.85. The molecule has 1 saturated heterocycles. The average molecular weight is 336 g/mol. The van der Waals surface area contributed by atoms with E-state index in [1.54, 1.807) is 23.2 Å². The second-order valence-electron chi connectivity index (χ2n) is 5.10. The Morgan fingerprint density at radius 2 is 1.95 bits per heavy atom. The SMILES string of the molecule is CN(C)Cc1ncccc1OC(=O)N1CCCCC1.Cl.Cl. The Morgan fingerprint density at radius 1 is 1.29 bits per heavy atom. The van der Waals surface area contributed by atoms with Crippen molar-refractivity contribution in [2.75, 3.05) is 27.2 Å². The molecule has 5 nitrogen and oxygen atoms in total. The maximum absolute atomic E-state index is 12.1. The Morgan fingerprint density at radius 3 is 2.57 bits per heavy atom. The van der Waals surface area contributed by atoms with Crippen LogP contribution in [0.4, 0.5) is 4.79 Å². The highest BCUT2D eigenvalue weighted by Gasteiger charge is 2.19. The zero-order valence-electron chi connectivity index (χ0n) is 12.4. The van der Waals surface area contributed by atoms with Crippen molar-refractivity contribution >= 4 is 30.9 Å². The van der Waals surface area contributed by atoms with Gasteiger partial charge in [0.2, 0.25) is 0 Å². The number of amides is 1. The first-order valence-electron chi connectivity index (χ1n) is 6.72. The molecule has 2 heterocycles. The maximum Gasteiger partial charge on any atom is 0.415 e. The van der Waals surface area contributed by atoms with Gasteiger partial charge in [0.25, 0.3) is 0 Å². The molecule has 1 aliphatic heterocycles. The lowest BCUT2D eigenvalue weighted by molar-refractivity contribution is 0.141. The molecule has 1 aromatic heterocycles. The van der Waals surface area contributed by atoms with Gasteiger partial charge < -0.3 is 14.5 Å². The van der Waals surface area contributed by atoms with Crippen LogP contribution >= 0.6 is 24.8 Å². The Balaban J connectivity index is 0.00000200. The van der Waals surface area contributed by atoms with Crippen molar-refractivity contribution in [2.24, 2.45) is 0 Å². The lowest BCUT2D eigenvalue weighted by atomic mass is 10.1. The minimum atomic E-state index is -0.257. The fourth-order valence-electron chi connectivity index (χ4n) is 2.17. The molecular weight excluding hydrogens is 313 g/mol. The summed E-state index contributed by atoms with van der Waals surface area (Å²) < 4.78 is 5.48. The molecule has 21 heavy (non-hydrogen) atoms. The summed E-state index contributed by atoms with van der Waals surface area (Å²) in [6, 6.07) is 3.59. The molecule has 0 bridgehead atoms. The number of nitrogens with zero attached hydrogens (tertiary/aromatic N) is 3. The van der Waals surface area contributed by atoms with Gasteiger partial charge in [0.1, 0.15) is 0 Å². The molecule has 0 spiro atoms. The summed E-state index contributed by atoms with van der Waals surface area (Å²) in [6.45, 7) is 2.24. The third kappa shape index (κ3) is 6.08. The zero-order valence-corrected chi connectivity index (χ0v) is 14.1. The smallest absolute Gasteiger partial charge is 0.408 e. The number of carbonyl (C=O) groups is 1. The first kappa shape index (κ1) is 20.0. The zero-order chi connectivity index (χ0) is 13.7. The second kappa shape index (κ2) is 9.82. The van der Waals surface area contributed by atoms with E-state index in [2.05, 4.69) is 4.98 Å². The standard InChI is InChI=1S/C14H21N3O2.2ClH/c1-16(2)11-12-13(7-6-8-15-12)19-14(18)17-9-4-3-5-10-17;;/h6-8H,3-5,9-11H2,1-2H3;2*1H. The molecule has 7 heteroatoms. The lowest BCUT2D eigenvalue weighted by Gasteiger charge is -2.26. The van der Waals surface area contributed by atoms with E-state index in [9.17, 15) is 4.79 Å². The molecular formula is C14H23Cl2N3O2. The summed E-state index contributed by atoms with van der Waals surface area (Å²) in [4.78, 5) is 20.1. The summed E-state index contributed by atoms with van der Waals surface area (Å²) in [6.07, 6.45) is 4.78. The second-order valence-corrected chi connectivity index (χ2v) is 5.10. The number of ether oxygens (including phenoxy) is 1. The molecule has 1 amide bonds. The van der Waals surface area contributed by atoms with Gasteiger partial charge in [-0.25, -0.2) is 4.79 Å². The number of hydrogen-bond donors (Lipinski definition) is 0. The normalized spacial score (nSPS) is 14.1. The molecule has 0 atom stereocenters. The van der Waals surface area contributed by atoms with Crippen LogP contribution in [0.15, 0.2) is 18.3 Å². The van der Waals surface area contributed by atoms with Crippen LogP contribution in [0.5, 0.6) is 5.75 Å². The van der Waals surface area contributed by atoms with E-state index in [1.807, 2.05) is 19.0 Å². The quantitative estimate of drug-likeness (QED) is 0.851. The van der Waals surface area contributed by atoms with Crippen LogP contribution in [-0.4, -0.2) is 48.1 Å². The van der Waals surface area contributed by atoms with Crippen molar-refractivity contribution in [3.05, 3.63) is 24.0 Å². The molecule has 2 rings (SSSR count). The molecule has 0 unspecified atom stereocenters. The minimum absolute atomic E-state index is 0. The number of rotatable bonds is 3. The van der Waals surface area contributed by atoms with Crippen LogP contribution in [0.1, 0.15) is 25.0 Å². The van der Waals surface area contributed by atoms with Crippen molar-refractivity contribution in [1.82, 2.24) is 14.8 Å². The van der Waals surface area contributed by atoms with Gasteiger partial charge in [-0.1, -0.05) is 0 Å². The molecule has 1 aromatic rings. The van der Waals surface area contributed by atoms with Crippen molar-refractivity contribution in [3.63, 3.8) is 0 Å². The summed E-state index contributed by atoms with van der Waals surface area (Å²) in [5, 5.41) is 0.